The number of amides is 1. The van der Waals surface area contributed by atoms with Gasteiger partial charge in [0.05, 0.1) is 5.69 Å². The molecule has 3 rings (SSSR count). The third-order valence-corrected chi connectivity index (χ3v) is 3.47. The fourth-order valence-corrected chi connectivity index (χ4v) is 2.37. The first kappa shape index (κ1) is 13.4. The SMILES string of the molecule is Cc1ccc(NC(=O)c2c(C)nc3ccc(C)cn23)cc1. The minimum atomic E-state index is -0.144. The second-order valence-corrected chi connectivity index (χ2v) is 5.30. The number of aromatic nitrogens is 2. The van der Waals surface area contributed by atoms with Gasteiger partial charge in [0.2, 0.25) is 0 Å². The van der Waals surface area contributed by atoms with Gasteiger partial charge in [0.25, 0.3) is 5.91 Å². The highest BCUT2D eigenvalue weighted by Gasteiger charge is 2.16. The molecule has 0 atom stereocenters. The Kier molecular flexibility index (Phi) is 3.22. The van der Waals surface area contributed by atoms with Crippen LogP contribution in [0.25, 0.3) is 5.65 Å². The van der Waals surface area contributed by atoms with Crippen molar-refractivity contribution in [2.24, 2.45) is 0 Å². The summed E-state index contributed by atoms with van der Waals surface area (Å²) in [6.07, 6.45) is 1.93. The van der Waals surface area contributed by atoms with Gasteiger partial charge in [-0.05, 0) is 44.5 Å². The third-order valence-electron chi connectivity index (χ3n) is 3.47. The van der Waals surface area contributed by atoms with Crippen LogP contribution in [0.15, 0.2) is 42.6 Å². The highest BCUT2D eigenvalue weighted by Crippen LogP contribution is 2.16. The Hall–Kier alpha value is -2.62. The largest absolute Gasteiger partial charge is 0.321 e. The lowest BCUT2D eigenvalue weighted by atomic mass is 10.2. The molecule has 21 heavy (non-hydrogen) atoms. The van der Waals surface area contributed by atoms with Crippen LogP contribution in [0.5, 0.6) is 0 Å². The Morgan fingerprint density at radius 2 is 1.67 bits per heavy atom. The predicted octanol–water partition coefficient (Wildman–Crippen LogP) is 3.51. The first-order chi connectivity index (χ1) is 10.0. The smallest absolute Gasteiger partial charge is 0.274 e. The van der Waals surface area contributed by atoms with Gasteiger partial charge in [-0.15, -0.1) is 0 Å². The van der Waals surface area contributed by atoms with E-state index in [1.807, 2.05) is 67.8 Å². The van der Waals surface area contributed by atoms with E-state index >= 15 is 0 Å². The first-order valence-corrected chi connectivity index (χ1v) is 6.88. The summed E-state index contributed by atoms with van der Waals surface area (Å²) in [5.41, 5.74) is 5.12. The van der Waals surface area contributed by atoms with Crippen molar-refractivity contribution in [1.82, 2.24) is 9.38 Å². The number of hydrogen-bond acceptors (Lipinski definition) is 2. The number of rotatable bonds is 2. The van der Waals surface area contributed by atoms with Gasteiger partial charge >= 0.3 is 0 Å². The summed E-state index contributed by atoms with van der Waals surface area (Å²) in [4.78, 5) is 17.0. The molecule has 3 aromatic rings. The van der Waals surface area contributed by atoms with Crippen molar-refractivity contribution in [1.29, 1.82) is 0 Å². The molecule has 2 heterocycles. The molecule has 1 N–H and O–H groups in total. The summed E-state index contributed by atoms with van der Waals surface area (Å²) < 4.78 is 1.84. The molecule has 0 saturated heterocycles. The number of pyridine rings is 1. The zero-order valence-electron chi connectivity index (χ0n) is 12.3. The molecule has 4 heteroatoms. The van der Waals surface area contributed by atoms with E-state index in [-0.39, 0.29) is 5.91 Å². The van der Waals surface area contributed by atoms with Crippen molar-refractivity contribution in [2.75, 3.05) is 5.32 Å². The molecule has 2 aromatic heterocycles. The molecular weight excluding hydrogens is 262 g/mol. The number of nitrogens with zero attached hydrogens (tertiary/aromatic N) is 2. The lowest BCUT2D eigenvalue weighted by Crippen LogP contribution is -2.15. The standard InChI is InChI=1S/C17H17N3O/c1-11-4-7-14(8-5-11)19-17(21)16-13(3)18-15-9-6-12(2)10-20(15)16/h4-10H,1-3H3,(H,19,21). The third kappa shape index (κ3) is 2.52. The van der Waals surface area contributed by atoms with Crippen LogP contribution in [0, 0.1) is 20.8 Å². The first-order valence-electron chi connectivity index (χ1n) is 6.88. The van der Waals surface area contributed by atoms with Crippen LogP contribution in [0.1, 0.15) is 27.3 Å². The number of hydrogen-bond donors (Lipinski definition) is 1. The van der Waals surface area contributed by atoms with Crippen LogP contribution in [-0.2, 0) is 0 Å². The van der Waals surface area contributed by atoms with Crippen molar-refractivity contribution in [3.8, 4) is 0 Å². The molecule has 0 radical (unpaired) electrons. The molecular formula is C17H17N3O. The summed E-state index contributed by atoms with van der Waals surface area (Å²) in [6.45, 7) is 5.87. The average Bonchev–Trinajstić information content (AvgIpc) is 2.76. The molecule has 0 fully saturated rings. The van der Waals surface area contributed by atoms with Crippen LogP contribution >= 0.6 is 0 Å². The second kappa shape index (κ2) is 5.05. The summed E-state index contributed by atoms with van der Waals surface area (Å²) in [6, 6.07) is 11.7. The Labute approximate surface area is 123 Å². The molecule has 106 valence electrons. The molecule has 0 unspecified atom stereocenters. The number of fused-ring (bicyclic) bond motifs is 1. The predicted molar refractivity (Wildman–Crippen MR) is 83.8 cm³/mol. The zero-order valence-corrected chi connectivity index (χ0v) is 12.3. The van der Waals surface area contributed by atoms with Crippen LogP contribution in [-0.4, -0.2) is 15.3 Å². The lowest BCUT2D eigenvalue weighted by Gasteiger charge is -2.07. The minimum absolute atomic E-state index is 0.144. The molecule has 0 saturated carbocycles. The van der Waals surface area contributed by atoms with Gasteiger partial charge < -0.3 is 5.32 Å². The molecule has 0 aliphatic heterocycles. The highest BCUT2D eigenvalue weighted by atomic mass is 16.2. The van der Waals surface area contributed by atoms with Crippen molar-refractivity contribution in [3.63, 3.8) is 0 Å². The molecule has 0 aliphatic carbocycles. The molecule has 1 aromatic carbocycles. The van der Waals surface area contributed by atoms with E-state index in [9.17, 15) is 4.79 Å². The zero-order chi connectivity index (χ0) is 15.0. The summed E-state index contributed by atoms with van der Waals surface area (Å²) in [5, 5.41) is 2.92. The fourth-order valence-electron chi connectivity index (χ4n) is 2.37. The highest BCUT2D eigenvalue weighted by molar-refractivity contribution is 6.04. The van der Waals surface area contributed by atoms with Gasteiger partial charge in [-0.3, -0.25) is 9.20 Å². The Morgan fingerprint density at radius 1 is 1.00 bits per heavy atom. The molecule has 1 amide bonds. The number of imidazole rings is 1. The number of benzene rings is 1. The fraction of sp³-hybridized carbons (Fsp3) is 0.176. The maximum absolute atomic E-state index is 12.5. The topological polar surface area (TPSA) is 46.4 Å². The van der Waals surface area contributed by atoms with Gasteiger partial charge in [0.15, 0.2) is 0 Å². The van der Waals surface area contributed by atoms with E-state index in [1.54, 1.807) is 0 Å². The molecule has 0 spiro atoms. The van der Waals surface area contributed by atoms with E-state index < -0.39 is 0 Å². The van der Waals surface area contributed by atoms with Gasteiger partial charge in [-0.25, -0.2) is 4.98 Å². The van der Waals surface area contributed by atoms with E-state index in [0.29, 0.717) is 5.69 Å². The molecule has 4 nitrogen and oxygen atoms in total. The average molecular weight is 279 g/mol. The second-order valence-electron chi connectivity index (χ2n) is 5.30. The number of carbonyl (C=O) groups excluding carboxylic acids is 1. The Morgan fingerprint density at radius 3 is 2.38 bits per heavy atom. The van der Waals surface area contributed by atoms with Crippen LogP contribution in [0.4, 0.5) is 5.69 Å². The maximum atomic E-state index is 12.5. The van der Waals surface area contributed by atoms with Crippen LogP contribution < -0.4 is 5.32 Å². The van der Waals surface area contributed by atoms with Crippen molar-refractivity contribution < 1.29 is 4.79 Å². The van der Waals surface area contributed by atoms with E-state index in [4.69, 9.17) is 0 Å². The van der Waals surface area contributed by atoms with Crippen molar-refractivity contribution >= 4 is 17.2 Å². The van der Waals surface area contributed by atoms with Crippen molar-refractivity contribution in [3.05, 3.63) is 65.1 Å². The van der Waals surface area contributed by atoms with E-state index in [0.717, 1.165) is 28.2 Å². The quantitative estimate of drug-likeness (QED) is 0.780. The number of anilines is 1. The normalized spacial score (nSPS) is 10.8. The van der Waals surface area contributed by atoms with Gasteiger partial charge in [-0.1, -0.05) is 23.8 Å². The van der Waals surface area contributed by atoms with E-state index in [2.05, 4.69) is 10.3 Å². The van der Waals surface area contributed by atoms with Crippen LogP contribution in [0.2, 0.25) is 0 Å². The van der Waals surface area contributed by atoms with Crippen LogP contribution in [0.3, 0.4) is 0 Å². The van der Waals surface area contributed by atoms with Gasteiger partial charge in [-0.2, -0.15) is 0 Å². The van der Waals surface area contributed by atoms with E-state index in [1.165, 1.54) is 0 Å². The number of carbonyl (C=O) groups is 1. The number of aryl methyl sites for hydroxylation is 3. The molecule has 0 aliphatic rings. The summed E-state index contributed by atoms with van der Waals surface area (Å²) in [5.74, 6) is -0.144. The van der Waals surface area contributed by atoms with Crippen molar-refractivity contribution in [2.45, 2.75) is 20.8 Å². The summed E-state index contributed by atoms with van der Waals surface area (Å²) in [7, 11) is 0. The summed E-state index contributed by atoms with van der Waals surface area (Å²) >= 11 is 0. The van der Waals surface area contributed by atoms with Gasteiger partial charge in [0, 0.05) is 11.9 Å². The number of nitrogens with one attached hydrogen (secondary N) is 1. The minimum Gasteiger partial charge on any atom is -0.321 e. The van der Waals surface area contributed by atoms with Gasteiger partial charge in [0.1, 0.15) is 11.3 Å². The lowest BCUT2D eigenvalue weighted by molar-refractivity contribution is 0.102. The monoisotopic (exact) mass is 279 g/mol. The molecule has 0 bridgehead atoms. The Balaban J connectivity index is 1.99. The Bertz CT molecular complexity index is 816. The maximum Gasteiger partial charge on any atom is 0.274 e.